The van der Waals surface area contributed by atoms with Gasteiger partial charge in [-0.1, -0.05) is 0 Å². The maximum absolute atomic E-state index is 3.56. The van der Waals surface area contributed by atoms with E-state index in [0.717, 1.165) is 6.54 Å². The summed E-state index contributed by atoms with van der Waals surface area (Å²) in [6, 6.07) is 4.70. The molecule has 0 spiro atoms. The van der Waals surface area contributed by atoms with E-state index in [4.69, 9.17) is 0 Å². The highest BCUT2D eigenvalue weighted by Crippen LogP contribution is 2.26. The van der Waals surface area contributed by atoms with Gasteiger partial charge in [-0.3, -0.25) is 0 Å². The number of rotatable bonds is 4. The predicted molar refractivity (Wildman–Crippen MR) is 76.3 cm³/mol. The standard InChI is InChI=1S/C12H14BrNS2/c1-8-3-5-16-12(8)9(2)14-7-11-10(13)4-6-15-11/h3-6,9,14H,7H2,1-2H3. The van der Waals surface area contributed by atoms with Gasteiger partial charge in [0, 0.05) is 26.8 Å². The molecule has 16 heavy (non-hydrogen) atoms. The number of hydrogen-bond acceptors (Lipinski definition) is 3. The first-order valence-corrected chi connectivity index (χ1v) is 7.73. The monoisotopic (exact) mass is 315 g/mol. The zero-order valence-corrected chi connectivity index (χ0v) is 12.5. The van der Waals surface area contributed by atoms with Gasteiger partial charge in [0.05, 0.1) is 0 Å². The van der Waals surface area contributed by atoms with Gasteiger partial charge in [-0.2, -0.15) is 0 Å². The van der Waals surface area contributed by atoms with E-state index in [1.54, 1.807) is 11.3 Å². The van der Waals surface area contributed by atoms with Crippen LogP contribution in [0.2, 0.25) is 0 Å². The van der Waals surface area contributed by atoms with Gasteiger partial charge in [0.2, 0.25) is 0 Å². The topological polar surface area (TPSA) is 12.0 Å². The molecular formula is C12H14BrNS2. The van der Waals surface area contributed by atoms with Crippen molar-refractivity contribution in [1.29, 1.82) is 0 Å². The van der Waals surface area contributed by atoms with Crippen LogP contribution in [-0.4, -0.2) is 0 Å². The maximum Gasteiger partial charge on any atom is 0.0391 e. The molecule has 0 saturated heterocycles. The molecule has 0 fully saturated rings. The lowest BCUT2D eigenvalue weighted by Gasteiger charge is -2.12. The SMILES string of the molecule is Cc1ccsc1C(C)NCc1sccc1Br. The minimum Gasteiger partial charge on any atom is -0.304 e. The van der Waals surface area contributed by atoms with Crippen LogP contribution < -0.4 is 5.32 Å². The second kappa shape index (κ2) is 5.45. The average Bonchev–Trinajstić information content (AvgIpc) is 2.84. The van der Waals surface area contributed by atoms with Crippen molar-refractivity contribution in [2.75, 3.05) is 0 Å². The summed E-state index contributed by atoms with van der Waals surface area (Å²) in [5, 5.41) is 7.83. The van der Waals surface area contributed by atoms with Gasteiger partial charge in [0.25, 0.3) is 0 Å². The van der Waals surface area contributed by atoms with E-state index in [1.807, 2.05) is 11.3 Å². The van der Waals surface area contributed by atoms with Crippen LogP contribution in [0.15, 0.2) is 27.4 Å². The van der Waals surface area contributed by atoms with E-state index in [2.05, 4.69) is 58.0 Å². The molecule has 0 aliphatic rings. The van der Waals surface area contributed by atoms with Crippen molar-refractivity contribution in [3.8, 4) is 0 Å². The van der Waals surface area contributed by atoms with Crippen molar-refractivity contribution in [3.05, 3.63) is 42.7 Å². The molecule has 0 amide bonds. The van der Waals surface area contributed by atoms with Gasteiger partial charge < -0.3 is 5.32 Å². The molecule has 4 heteroatoms. The van der Waals surface area contributed by atoms with Crippen molar-refractivity contribution >= 4 is 38.6 Å². The summed E-state index contributed by atoms with van der Waals surface area (Å²) < 4.78 is 1.21. The van der Waals surface area contributed by atoms with Crippen LogP contribution in [0.4, 0.5) is 0 Å². The fourth-order valence-corrected chi connectivity index (χ4v) is 4.02. The van der Waals surface area contributed by atoms with E-state index in [9.17, 15) is 0 Å². The van der Waals surface area contributed by atoms with Crippen molar-refractivity contribution in [1.82, 2.24) is 5.32 Å². The molecule has 0 bridgehead atoms. The number of hydrogen-bond donors (Lipinski definition) is 1. The van der Waals surface area contributed by atoms with Gasteiger partial charge in [0.15, 0.2) is 0 Å². The van der Waals surface area contributed by atoms with Crippen LogP contribution in [0, 0.1) is 6.92 Å². The molecule has 1 atom stereocenters. The Balaban J connectivity index is 1.97. The summed E-state index contributed by atoms with van der Waals surface area (Å²) in [7, 11) is 0. The number of thiophene rings is 2. The molecule has 1 unspecified atom stereocenters. The summed E-state index contributed by atoms with van der Waals surface area (Å²) in [6.45, 7) is 5.32. The lowest BCUT2D eigenvalue weighted by Crippen LogP contribution is -2.17. The average molecular weight is 316 g/mol. The fourth-order valence-electron chi connectivity index (χ4n) is 1.62. The summed E-state index contributed by atoms with van der Waals surface area (Å²) in [4.78, 5) is 2.80. The summed E-state index contributed by atoms with van der Waals surface area (Å²) in [5.41, 5.74) is 1.38. The van der Waals surface area contributed by atoms with Crippen molar-refractivity contribution in [2.45, 2.75) is 26.4 Å². The second-order valence-electron chi connectivity index (χ2n) is 3.76. The quantitative estimate of drug-likeness (QED) is 0.860. The summed E-state index contributed by atoms with van der Waals surface area (Å²) in [5.74, 6) is 0. The lowest BCUT2D eigenvalue weighted by atomic mass is 10.2. The fraction of sp³-hybridized carbons (Fsp3) is 0.333. The molecule has 86 valence electrons. The first kappa shape index (κ1) is 12.3. The van der Waals surface area contributed by atoms with E-state index >= 15 is 0 Å². The highest BCUT2D eigenvalue weighted by molar-refractivity contribution is 9.10. The molecule has 0 aliphatic carbocycles. The van der Waals surface area contributed by atoms with Gasteiger partial charge in [-0.15, -0.1) is 22.7 Å². The van der Waals surface area contributed by atoms with Crippen LogP contribution in [0.25, 0.3) is 0 Å². The smallest absolute Gasteiger partial charge is 0.0391 e. The highest BCUT2D eigenvalue weighted by Gasteiger charge is 2.10. The van der Waals surface area contributed by atoms with Gasteiger partial charge in [-0.05, 0) is 58.2 Å². The Bertz CT molecular complexity index is 461. The molecule has 1 nitrogen and oxygen atoms in total. The molecule has 0 aromatic carbocycles. The molecule has 2 aromatic heterocycles. The van der Waals surface area contributed by atoms with E-state index < -0.39 is 0 Å². The molecule has 0 aliphatic heterocycles. The molecule has 2 heterocycles. The zero-order chi connectivity index (χ0) is 11.5. The Morgan fingerprint density at radius 2 is 2.06 bits per heavy atom. The summed E-state index contributed by atoms with van der Waals surface area (Å²) in [6.07, 6.45) is 0. The van der Waals surface area contributed by atoms with E-state index in [1.165, 1.54) is 19.8 Å². The van der Waals surface area contributed by atoms with Crippen LogP contribution in [0.5, 0.6) is 0 Å². The largest absolute Gasteiger partial charge is 0.304 e. The van der Waals surface area contributed by atoms with Crippen LogP contribution in [0.3, 0.4) is 0 Å². The van der Waals surface area contributed by atoms with Crippen molar-refractivity contribution in [2.24, 2.45) is 0 Å². The Labute approximate surface area is 113 Å². The van der Waals surface area contributed by atoms with Gasteiger partial charge in [0.1, 0.15) is 0 Å². The number of nitrogens with one attached hydrogen (secondary N) is 1. The van der Waals surface area contributed by atoms with Gasteiger partial charge >= 0.3 is 0 Å². The molecule has 2 rings (SSSR count). The normalized spacial score (nSPS) is 12.9. The first-order valence-electron chi connectivity index (χ1n) is 5.17. The second-order valence-corrected chi connectivity index (χ2v) is 6.56. The maximum atomic E-state index is 3.56. The Kier molecular flexibility index (Phi) is 4.19. The van der Waals surface area contributed by atoms with Crippen LogP contribution in [-0.2, 0) is 6.54 Å². The molecule has 1 N–H and O–H groups in total. The van der Waals surface area contributed by atoms with Crippen LogP contribution in [0.1, 0.15) is 28.3 Å². The molecular weight excluding hydrogens is 302 g/mol. The summed E-state index contributed by atoms with van der Waals surface area (Å²) >= 11 is 7.17. The minimum atomic E-state index is 0.425. The minimum absolute atomic E-state index is 0.425. The molecule has 2 aromatic rings. The number of halogens is 1. The third-order valence-electron chi connectivity index (χ3n) is 2.55. The Morgan fingerprint density at radius 3 is 2.62 bits per heavy atom. The van der Waals surface area contributed by atoms with Crippen molar-refractivity contribution < 1.29 is 0 Å². The number of aryl methyl sites for hydroxylation is 1. The molecule has 0 radical (unpaired) electrons. The van der Waals surface area contributed by atoms with Crippen molar-refractivity contribution in [3.63, 3.8) is 0 Å². The van der Waals surface area contributed by atoms with E-state index in [0.29, 0.717) is 6.04 Å². The third-order valence-corrected chi connectivity index (χ3v) is 5.68. The predicted octanol–water partition coefficient (Wildman–Crippen LogP) is 4.73. The highest BCUT2D eigenvalue weighted by atomic mass is 79.9. The molecule has 0 saturated carbocycles. The zero-order valence-electron chi connectivity index (χ0n) is 9.29. The van der Waals surface area contributed by atoms with Crippen LogP contribution >= 0.6 is 38.6 Å². The Morgan fingerprint density at radius 1 is 1.31 bits per heavy atom. The lowest BCUT2D eigenvalue weighted by molar-refractivity contribution is 0.584. The first-order chi connectivity index (χ1) is 7.68. The Hall–Kier alpha value is -0.160. The third kappa shape index (κ3) is 2.74. The van der Waals surface area contributed by atoms with Gasteiger partial charge in [-0.25, -0.2) is 0 Å². The van der Waals surface area contributed by atoms with E-state index in [-0.39, 0.29) is 0 Å².